The number of hydrogen-bond acceptors (Lipinski definition) is 4. The van der Waals surface area contributed by atoms with Crippen molar-refractivity contribution in [1.29, 1.82) is 0 Å². The van der Waals surface area contributed by atoms with Gasteiger partial charge in [0.1, 0.15) is 6.04 Å². The van der Waals surface area contributed by atoms with Crippen molar-refractivity contribution in [3.63, 3.8) is 0 Å². The zero-order chi connectivity index (χ0) is 10.6. The van der Waals surface area contributed by atoms with Gasteiger partial charge in [-0.25, -0.2) is 0 Å². The van der Waals surface area contributed by atoms with Crippen LogP contribution in [0.4, 0.5) is 0 Å². The second-order valence-electron chi connectivity index (χ2n) is 3.59. The molecule has 0 aromatic heterocycles. The molecule has 0 aromatic carbocycles. The minimum Gasteiger partial charge on any atom is -0.480 e. The van der Waals surface area contributed by atoms with E-state index < -0.39 is 12.0 Å². The summed E-state index contributed by atoms with van der Waals surface area (Å²) in [6.07, 6.45) is 1.26. The second kappa shape index (κ2) is 5.29. The van der Waals surface area contributed by atoms with E-state index in [1.165, 1.54) is 0 Å². The van der Waals surface area contributed by atoms with Crippen LogP contribution in [0.2, 0.25) is 0 Å². The van der Waals surface area contributed by atoms with Crippen LogP contribution in [0.1, 0.15) is 6.42 Å². The van der Waals surface area contributed by atoms with E-state index in [9.17, 15) is 4.79 Å². The number of likely N-dealkylation sites (tertiary alicyclic amines) is 1. The van der Waals surface area contributed by atoms with Crippen molar-refractivity contribution in [3.8, 4) is 0 Å². The number of aliphatic carboxylic acids is 1. The molecule has 0 spiro atoms. The number of carboxylic acids is 1. The molecule has 1 rings (SSSR count). The number of hydrogen-bond donors (Lipinski definition) is 2. The van der Waals surface area contributed by atoms with Crippen LogP contribution >= 0.6 is 0 Å². The summed E-state index contributed by atoms with van der Waals surface area (Å²) >= 11 is 0. The third kappa shape index (κ3) is 2.94. The molecule has 1 aliphatic rings. The molecule has 2 N–H and O–H groups in total. The summed E-state index contributed by atoms with van der Waals surface area (Å²) in [5.41, 5.74) is 0. The van der Waals surface area contributed by atoms with Gasteiger partial charge < -0.3 is 15.2 Å². The van der Waals surface area contributed by atoms with E-state index in [1.807, 2.05) is 0 Å². The molecule has 14 heavy (non-hydrogen) atoms. The topological polar surface area (TPSA) is 61.8 Å². The first-order valence-corrected chi connectivity index (χ1v) is 4.82. The van der Waals surface area contributed by atoms with Gasteiger partial charge in [-0.3, -0.25) is 9.69 Å². The standard InChI is InChI=1S/C9H18N2O3/c1-10-8(9(12)13)6-11-4-3-7(5-11)14-2/h7-8,10H,3-6H2,1-2H3,(H,12,13). The zero-order valence-corrected chi connectivity index (χ0v) is 8.69. The third-order valence-corrected chi connectivity index (χ3v) is 2.65. The van der Waals surface area contributed by atoms with Crippen LogP contribution in [0.25, 0.3) is 0 Å². The molecule has 2 unspecified atom stereocenters. The number of rotatable bonds is 5. The van der Waals surface area contributed by atoms with E-state index in [0.717, 1.165) is 19.5 Å². The summed E-state index contributed by atoms with van der Waals surface area (Å²) < 4.78 is 5.21. The fourth-order valence-corrected chi connectivity index (χ4v) is 1.71. The largest absolute Gasteiger partial charge is 0.480 e. The summed E-state index contributed by atoms with van der Waals surface area (Å²) in [7, 11) is 3.36. The summed E-state index contributed by atoms with van der Waals surface area (Å²) in [4.78, 5) is 12.9. The van der Waals surface area contributed by atoms with Gasteiger partial charge in [0.25, 0.3) is 0 Å². The summed E-state index contributed by atoms with van der Waals surface area (Å²) in [5.74, 6) is -0.798. The van der Waals surface area contributed by atoms with Gasteiger partial charge in [-0.1, -0.05) is 0 Å². The zero-order valence-electron chi connectivity index (χ0n) is 8.69. The summed E-state index contributed by atoms with van der Waals surface area (Å²) in [6.45, 7) is 2.30. The SMILES string of the molecule is CNC(CN1CCC(OC)C1)C(=O)O. The minimum absolute atomic E-state index is 0.265. The third-order valence-electron chi connectivity index (χ3n) is 2.65. The van der Waals surface area contributed by atoms with Gasteiger partial charge in [0.2, 0.25) is 0 Å². The lowest BCUT2D eigenvalue weighted by Crippen LogP contribution is -2.44. The quantitative estimate of drug-likeness (QED) is 0.622. The van der Waals surface area contributed by atoms with Gasteiger partial charge in [0.05, 0.1) is 6.10 Å². The fourth-order valence-electron chi connectivity index (χ4n) is 1.71. The average Bonchev–Trinajstić information content (AvgIpc) is 2.61. The van der Waals surface area contributed by atoms with Crippen molar-refractivity contribution in [2.24, 2.45) is 0 Å². The smallest absolute Gasteiger partial charge is 0.322 e. The number of ether oxygens (including phenoxy) is 1. The number of methoxy groups -OCH3 is 1. The molecule has 0 aliphatic carbocycles. The highest BCUT2D eigenvalue weighted by Crippen LogP contribution is 2.11. The second-order valence-corrected chi connectivity index (χ2v) is 3.59. The van der Waals surface area contributed by atoms with E-state index in [0.29, 0.717) is 6.54 Å². The Morgan fingerprint density at radius 3 is 2.93 bits per heavy atom. The maximum Gasteiger partial charge on any atom is 0.322 e. The van der Waals surface area contributed by atoms with E-state index in [2.05, 4.69) is 10.2 Å². The van der Waals surface area contributed by atoms with Crippen LogP contribution in [-0.2, 0) is 9.53 Å². The van der Waals surface area contributed by atoms with Gasteiger partial charge >= 0.3 is 5.97 Å². The average molecular weight is 202 g/mol. The molecule has 1 heterocycles. The van der Waals surface area contributed by atoms with E-state index in [4.69, 9.17) is 9.84 Å². The Morgan fingerprint density at radius 2 is 2.50 bits per heavy atom. The molecule has 1 aliphatic heterocycles. The highest BCUT2D eigenvalue weighted by Gasteiger charge is 2.26. The molecule has 0 aromatic rings. The molecule has 0 saturated carbocycles. The Bertz CT molecular complexity index is 198. The first-order valence-electron chi connectivity index (χ1n) is 4.82. The Balaban J connectivity index is 2.33. The maximum absolute atomic E-state index is 10.7. The highest BCUT2D eigenvalue weighted by atomic mass is 16.5. The van der Waals surface area contributed by atoms with E-state index >= 15 is 0 Å². The normalized spacial score (nSPS) is 25.1. The lowest BCUT2D eigenvalue weighted by atomic mass is 10.3. The lowest BCUT2D eigenvalue weighted by Gasteiger charge is -2.20. The van der Waals surface area contributed by atoms with Crippen molar-refractivity contribution >= 4 is 5.97 Å². The molecule has 5 nitrogen and oxygen atoms in total. The van der Waals surface area contributed by atoms with Gasteiger partial charge in [-0.05, 0) is 13.5 Å². The number of likely N-dealkylation sites (N-methyl/N-ethyl adjacent to an activating group) is 1. The molecule has 82 valence electrons. The van der Waals surface area contributed by atoms with Crippen LogP contribution in [0.3, 0.4) is 0 Å². The van der Waals surface area contributed by atoms with Crippen LogP contribution < -0.4 is 5.32 Å². The first-order chi connectivity index (χ1) is 6.67. The molecular weight excluding hydrogens is 184 g/mol. The molecular formula is C9H18N2O3. The van der Waals surface area contributed by atoms with E-state index in [1.54, 1.807) is 14.2 Å². The monoisotopic (exact) mass is 202 g/mol. The van der Waals surface area contributed by atoms with Crippen LogP contribution in [0, 0.1) is 0 Å². The Morgan fingerprint density at radius 1 is 1.79 bits per heavy atom. The first kappa shape index (κ1) is 11.4. The molecule has 0 radical (unpaired) electrons. The predicted molar refractivity (Wildman–Crippen MR) is 52.3 cm³/mol. The van der Waals surface area contributed by atoms with Crippen LogP contribution in [-0.4, -0.2) is 61.9 Å². The summed E-state index contributed by atoms with van der Waals surface area (Å²) in [6, 6.07) is -0.481. The lowest BCUT2D eigenvalue weighted by molar-refractivity contribution is -0.139. The van der Waals surface area contributed by atoms with Crippen molar-refractivity contribution in [2.75, 3.05) is 33.8 Å². The minimum atomic E-state index is -0.798. The van der Waals surface area contributed by atoms with Crippen molar-refractivity contribution < 1.29 is 14.6 Å². The van der Waals surface area contributed by atoms with Gasteiger partial charge in [-0.2, -0.15) is 0 Å². The molecule has 5 heteroatoms. The number of nitrogens with one attached hydrogen (secondary N) is 1. The molecule has 0 bridgehead atoms. The number of carbonyl (C=O) groups is 1. The Hall–Kier alpha value is -0.650. The van der Waals surface area contributed by atoms with Crippen molar-refractivity contribution in [1.82, 2.24) is 10.2 Å². The molecule has 0 amide bonds. The van der Waals surface area contributed by atoms with Gasteiger partial charge in [-0.15, -0.1) is 0 Å². The Kier molecular flexibility index (Phi) is 4.31. The maximum atomic E-state index is 10.7. The molecule has 1 saturated heterocycles. The number of carboxylic acid groups (broad SMARTS) is 1. The summed E-state index contributed by atoms with van der Waals surface area (Å²) in [5, 5.41) is 11.6. The van der Waals surface area contributed by atoms with E-state index in [-0.39, 0.29) is 6.10 Å². The Labute approximate surface area is 84.0 Å². The predicted octanol–water partition coefficient (Wildman–Crippen LogP) is -0.620. The fraction of sp³-hybridized carbons (Fsp3) is 0.889. The van der Waals surface area contributed by atoms with Gasteiger partial charge in [0, 0.05) is 26.7 Å². The van der Waals surface area contributed by atoms with Gasteiger partial charge in [0.15, 0.2) is 0 Å². The van der Waals surface area contributed by atoms with Crippen LogP contribution in [0.5, 0.6) is 0 Å². The molecule has 1 fully saturated rings. The van der Waals surface area contributed by atoms with Crippen LogP contribution in [0.15, 0.2) is 0 Å². The highest BCUT2D eigenvalue weighted by molar-refractivity contribution is 5.73. The van der Waals surface area contributed by atoms with Crippen molar-refractivity contribution in [2.45, 2.75) is 18.6 Å². The van der Waals surface area contributed by atoms with Crippen molar-refractivity contribution in [3.05, 3.63) is 0 Å². The molecule has 2 atom stereocenters. The number of nitrogens with zero attached hydrogens (tertiary/aromatic N) is 1.